The Labute approximate surface area is 107 Å². The second-order valence-electron chi connectivity index (χ2n) is 5.11. The van der Waals surface area contributed by atoms with Crippen LogP contribution < -0.4 is 5.32 Å². The Morgan fingerprint density at radius 1 is 1.28 bits per heavy atom. The van der Waals surface area contributed by atoms with Crippen molar-refractivity contribution in [2.75, 3.05) is 0 Å². The molecule has 0 aromatic heterocycles. The number of benzene rings is 1. The maximum atomic E-state index is 13.9. The average molecular weight is 271 g/mol. The van der Waals surface area contributed by atoms with Crippen LogP contribution in [-0.2, 0) is 10.8 Å². The lowest BCUT2D eigenvalue weighted by molar-refractivity contribution is 0.437. The van der Waals surface area contributed by atoms with E-state index in [1.165, 1.54) is 0 Å². The fourth-order valence-electron chi connectivity index (χ4n) is 2.50. The lowest BCUT2D eigenvalue weighted by Crippen LogP contribution is -2.34. The SMILES string of the molecule is CC1CC(NC2CC2)c2c(F)ccc(F)c2S1=O. The van der Waals surface area contributed by atoms with E-state index in [-0.39, 0.29) is 21.8 Å². The number of fused-ring (bicyclic) bond motifs is 1. The summed E-state index contributed by atoms with van der Waals surface area (Å²) in [5, 5.41) is 3.18. The highest BCUT2D eigenvalue weighted by molar-refractivity contribution is 7.85. The van der Waals surface area contributed by atoms with Gasteiger partial charge in [-0.2, -0.15) is 0 Å². The first-order valence-corrected chi connectivity index (χ1v) is 7.43. The van der Waals surface area contributed by atoms with Crippen LogP contribution in [0.1, 0.15) is 37.8 Å². The zero-order valence-electron chi connectivity index (χ0n) is 10.1. The maximum Gasteiger partial charge on any atom is 0.139 e. The van der Waals surface area contributed by atoms with Gasteiger partial charge in [-0.25, -0.2) is 8.78 Å². The molecule has 0 radical (unpaired) electrons. The zero-order valence-corrected chi connectivity index (χ0v) is 10.9. The highest BCUT2D eigenvalue weighted by atomic mass is 32.2. The van der Waals surface area contributed by atoms with Gasteiger partial charge in [-0.1, -0.05) is 6.92 Å². The van der Waals surface area contributed by atoms with Crippen molar-refractivity contribution in [3.8, 4) is 0 Å². The summed E-state index contributed by atoms with van der Waals surface area (Å²) in [6, 6.07) is 2.39. The van der Waals surface area contributed by atoms with Crippen LogP contribution in [0.3, 0.4) is 0 Å². The highest BCUT2D eigenvalue weighted by Gasteiger charge is 2.37. The third kappa shape index (κ3) is 1.99. The molecule has 3 unspecified atom stereocenters. The Morgan fingerprint density at radius 3 is 2.61 bits per heavy atom. The van der Waals surface area contributed by atoms with Crippen LogP contribution in [0.2, 0.25) is 0 Å². The summed E-state index contributed by atoms with van der Waals surface area (Å²) in [5.41, 5.74) is 0.276. The minimum atomic E-state index is -1.45. The van der Waals surface area contributed by atoms with Crippen LogP contribution in [0, 0.1) is 11.6 Å². The van der Waals surface area contributed by atoms with Gasteiger partial charge < -0.3 is 5.32 Å². The first-order chi connectivity index (χ1) is 8.58. The van der Waals surface area contributed by atoms with Crippen molar-refractivity contribution < 1.29 is 13.0 Å². The van der Waals surface area contributed by atoms with Gasteiger partial charge in [0.25, 0.3) is 0 Å². The fraction of sp³-hybridized carbons (Fsp3) is 0.538. The van der Waals surface area contributed by atoms with Crippen LogP contribution in [0.15, 0.2) is 17.0 Å². The summed E-state index contributed by atoms with van der Waals surface area (Å²) in [6.07, 6.45) is 2.76. The maximum absolute atomic E-state index is 13.9. The molecular formula is C13H15F2NOS. The number of nitrogens with one attached hydrogen (secondary N) is 1. The van der Waals surface area contributed by atoms with Gasteiger partial charge in [0.2, 0.25) is 0 Å². The molecule has 1 N–H and O–H groups in total. The topological polar surface area (TPSA) is 29.1 Å². The van der Waals surface area contributed by atoms with E-state index >= 15 is 0 Å². The minimum Gasteiger partial charge on any atom is -0.307 e. The lowest BCUT2D eigenvalue weighted by Gasteiger charge is -2.30. The van der Waals surface area contributed by atoms with E-state index in [0.29, 0.717) is 12.5 Å². The quantitative estimate of drug-likeness (QED) is 0.896. The van der Waals surface area contributed by atoms with Crippen molar-refractivity contribution in [3.63, 3.8) is 0 Å². The summed E-state index contributed by atoms with van der Waals surface area (Å²) in [5.74, 6) is -1.01. The molecule has 0 saturated heterocycles. The molecule has 5 heteroatoms. The Balaban J connectivity index is 2.08. The predicted molar refractivity (Wildman–Crippen MR) is 65.7 cm³/mol. The summed E-state index contributed by atoms with van der Waals surface area (Å²) in [7, 11) is -1.45. The van der Waals surface area contributed by atoms with Crippen molar-refractivity contribution in [2.24, 2.45) is 0 Å². The van der Waals surface area contributed by atoms with E-state index in [1.54, 1.807) is 0 Å². The van der Waals surface area contributed by atoms with Gasteiger partial charge >= 0.3 is 0 Å². The van der Waals surface area contributed by atoms with Gasteiger partial charge in [-0.15, -0.1) is 0 Å². The molecule has 98 valence electrons. The van der Waals surface area contributed by atoms with Gasteiger partial charge in [0.15, 0.2) is 0 Å². The van der Waals surface area contributed by atoms with Gasteiger partial charge in [-0.3, -0.25) is 4.21 Å². The van der Waals surface area contributed by atoms with Gasteiger partial charge in [0.05, 0.1) is 15.7 Å². The average Bonchev–Trinajstić information content (AvgIpc) is 3.12. The van der Waals surface area contributed by atoms with Gasteiger partial charge in [-0.05, 0) is 31.4 Å². The minimum absolute atomic E-state index is 0.0619. The third-order valence-electron chi connectivity index (χ3n) is 3.59. The van der Waals surface area contributed by atoms with Crippen LogP contribution in [0.5, 0.6) is 0 Å². The molecule has 0 amide bonds. The molecule has 0 spiro atoms. The summed E-state index contributed by atoms with van der Waals surface area (Å²) >= 11 is 0. The van der Waals surface area contributed by atoms with Crippen molar-refractivity contribution in [3.05, 3.63) is 29.3 Å². The first kappa shape index (κ1) is 12.2. The number of hydrogen-bond acceptors (Lipinski definition) is 2. The Bertz CT molecular complexity index is 516. The molecule has 18 heavy (non-hydrogen) atoms. The number of halogens is 2. The molecule has 2 aliphatic rings. The standard InChI is InChI=1S/C13H15F2NOS/c1-7-6-11(16-8-2-3-8)12-9(14)4-5-10(15)13(12)18(7)17/h4-5,7-8,11,16H,2-3,6H2,1H3. The molecular weight excluding hydrogens is 256 g/mol. The first-order valence-electron chi connectivity index (χ1n) is 6.22. The summed E-state index contributed by atoms with van der Waals surface area (Å²) in [6.45, 7) is 1.82. The van der Waals surface area contributed by atoms with Gasteiger partial charge in [0, 0.05) is 22.9 Å². The van der Waals surface area contributed by atoms with Crippen LogP contribution in [0.4, 0.5) is 8.78 Å². The van der Waals surface area contributed by atoms with Crippen LogP contribution >= 0.6 is 0 Å². The zero-order chi connectivity index (χ0) is 12.9. The molecule has 3 rings (SSSR count). The lowest BCUT2D eigenvalue weighted by atomic mass is 10.00. The normalized spacial score (nSPS) is 31.2. The second-order valence-corrected chi connectivity index (χ2v) is 6.92. The van der Waals surface area contributed by atoms with Gasteiger partial charge in [0.1, 0.15) is 11.6 Å². The van der Waals surface area contributed by atoms with Crippen LogP contribution in [-0.4, -0.2) is 15.5 Å². The largest absolute Gasteiger partial charge is 0.307 e. The molecule has 0 bridgehead atoms. The van der Waals surface area contributed by atoms with Crippen molar-refractivity contribution in [2.45, 2.75) is 48.4 Å². The number of rotatable bonds is 2. The fourth-order valence-corrected chi connectivity index (χ4v) is 3.99. The summed E-state index contributed by atoms with van der Waals surface area (Å²) in [4.78, 5) is 0.0619. The van der Waals surface area contributed by atoms with Crippen molar-refractivity contribution >= 4 is 10.8 Å². The molecule has 1 aromatic rings. The molecule has 3 atom stereocenters. The monoisotopic (exact) mass is 271 g/mol. The summed E-state index contributed by atoms with van der Waals surface area (Å²) < 4.78 is 39.9. The predicted octanol–water partition coefficient (Wildman–Crippen LogP) is 2.66. The van der Waals surface area contributed by atoms with Crippen molar-refractivity contribution in [1.29, 1.82) is 0 Å². The molecule has 1 aliphatic heterocycles. The van der Waals surface area contributed by atoms with Crippen LogP contribution in [0.25, 0.3) is 0 Å². The molecule has 2 nitrogen and oxygen atoms in total. The second kappa shape index (κ2) is 4.38. The van der Waals surface area contributed by atoms with E-state index in [0.717, 1.165) is 25.0 Å². The molecule has 1 aliphatic carbocycles. The molecule has 1 heterocycles. The molecule has 1 fully saturated rings. The van der Waals surface area contributed by atoms with E-state index in [9.17, 15) is 13.0 Å². The molecule has 1 aromatic carbocycles. The molecule has 1 saturated carbocycles. The van der Waals surface area contributed by atoms with E-state index in [2.05, 4.69) is 5.32 Å². The van der Waals surface area contributed by atoms with E-state index < -0.39 is 22.4 Å². The Kier molecular flexibility index (Phi) is 2.98. The Hall–Kier alpha value is -0.810. The third-order valence-corrected chi connectivity index (χ3v) is 5.33. The van der Waals surface area contributed by atoms with E-state index in [4.69, 9.17) is 0 Å². The van der Waals surface area contributed by atoms with Crippen molar-refractivity contribution in [1.82, 2.24) is 5.32 Å². The smallest absolute Gasteiger partial charge is 0.139 e. The highest BCUT2D eigenvalue weighted by Crippen LogP contribution is 2.38. The number of hydrogen-bond donors (Lipinski definition) is 1. The Morgan fingerprint density at radius 2 is 1.94 bits per heavy atom. The van der Waals surface area contributed by atoms with E-state index in [1.807, 2.05) is 6.92 Å².